The summed E-state index contributed by atoms with van der Waals surface area (Å²) in [5.41, 5.74) is 0. The van der Waals surface area contributed by atoms with Crippen LogP contribution in [0, 0.1) is 5.92 Å². The third-order valence-electron chi connectivity index (χ3n) is 5.00. The molecule has 0 saturated carbocycles. The predicted molar refractivity (Wildman–Crippen MR) is 88.8 cm³/mol. The largest absolute Gasteiger partial charge is 0.387 e. The summed E-state index contributed by atoms with van der Waals surface area (Å²) < 4.78 is 0. The number of carbonyl (C=O) groups is 1. The van der Waals surface area contributed by atoms with Crippen molar-refractivity contribution in [2.24, 2.45) is 5.92 Å². The molecule has 4 atom stereocenters. The molecule has 2 saturated heterocycles. The number of likely N-dealkylation sites (tertiary alicyclic amines) is 1. The zero-order valence-electron chi connectivity index (χ0n) is 13.2. The van der Waals surface area contributed by atoms with E-state index in [1.54, 1.807) is 11.3 Å². The summed E-state index contributed by atoms with van der Waals surface area (Å²) in [7, 11) is 0. The number of nitrogens with one attached hydrogen (secondary N) is 1. The van der Waals surface area contributed by atoms with E-state index in [1.165, 1.54) is 0 Å². The molecule has 1 aromatic rings. The lowest BCUT2D eigenvalue weighted by Gasteiger charge is -2.33. The molecule has 3 rings (SSSR count). The van der Waals surface area contributed by atoms with E-state index in [0.29, 0.717) is 18.4 Å². The molecule has 2 aliphatic rings. The van der Waals surface area contributed by atoms with E-state index >= 15 is 0 Å². The third-order valence-corrected chi connectivity index (χ3v) is 5.97. The maximum atomic E-state index is 12.8. The lowest BCUT2D eigenvalue weighted by atomic mass is 9.91. The zero-order valence-corrected chi connectivity index (χ0v) is 14.0. The first-order valence-corrected chi connectivity index (χ1v) is 9.28. The molecular formula is C17H26N2O2S. The molecule has 4 nitrogen and oxygen atoms in total. The molecule has 122 valence electrons. The number of hydrogen-bond acceptors (Lipinski definition) is 4. The molecule has 0 aliphatic carbocycles. The number of hydrogen-bond donors (Lipinski definition) is 2. The highest BCUT2D eigenvalue weighted by atomic mass is 32.1. The van der Waals surface area contributed by atoms with Gasteiger partial charge in [0.2, 0.25) is 5.91 Å². The molecule has 0 bridgehead atoms. The van der Waals surface area contributed by atoms with Crippen LogP contribution in [0.3, 0.4) is 0 Å². The van der Waals surface area contributed by atoms with Crippen LogP contribution in [0.5, 0.6) is 0 Å². The summed E-state index contributed by atoms with van der Waals surface area (Å²) in [6.45, 7) is 3.95. The molecule has 22 heavy (non-hydrogen) atoms. The van der Waals surface area contributed by atoms with Gasteiger partial charge < -0.3 is 15.3 Å². The van der Waals surface area contributed by atoms with Crippen molar-refractivity contribution in [3.8, 4) is 0 Å². The zero-order chi connectivity index (χ0) is 15.5. The van der Waals surface area contributed by atoms with Crippen LogP contribution in [0.4, 0.5) is 0 Å². The van der Waals surface area contributed by atoms with Crippen molar-refractivity contribution in [3.05, 3.63) is 22.4 Å². The smallest absolute Gasteiger partial charge is 0.226 e. The van der Waals surface area contributed by atoms with Crippen LogP contribution in [0.1, 0.15) is 50.0 Å². The number of rotatable bonds is 4. The number of nitrogens with zero attached hydrogens (tertiary/aromatic N) is 1. The Labute approximate surface area is 136 Å². The topological polar surface area (TPSA) is 52.6 Å². The van der Waals surface area contributed by atoms with Gasteiger partial charge in [-0.05, 0) is 57.0 Å². The Morgan fingerprint density at radius 1 is 1.55 bits per heavy atom. The van der Waals surface area contributed by atoms with E-state index in [0.717, 1.165) is 43.6 Å². The Kier molecular flexibility index (Phi) is 5.16. The van der Waals surface area contributed by atoms with Gasteiger partial charge in [-0.2, -0.15) is 0 Å². The van der Waals surface area contributed by atoms with Crippen LogP contribution in [0.25, 0.3) is 0 Å². The van der Waals surface area contributed by atoms with E-state index in [1.807, 2.05) is 17.5 Å². The van der Waals surface area contributed by atoms with Gasteiger partial charge in [-0.3, -0.25) is 4.79 Å². The van der Waals surface area contributed by atoms with Crippen LogP contribution in [0.15, 0.2) is 17.5 Å². The molecule has 0 aromatic carbocycles. The van der Waals surface area contributed by atoms with Crippen molar-refractivity contribution in [1.29, 1.82) is 0 Å². The Balaban J connectivity index is 1.61. The minimum atomic E-state index is -0.439. The monoisotopic (exact) mass is 322 g/mol. The quantitative estimate of drug-likeness (QED) is 0.896. The molecule has 3 heterocycles. The molecule has 2 aliphatic heterocycles. The molecule has 1 amide bonds. The Morgan fingerprint density at radius 3 is 3.14 bits per heavy atom. The predicted octanol–water partition coefficient (Wildman–Crippen LogP) is 2.55. The van der Waals surface area contributed by atoms with Gasteiger partial charge in [-0.25, -0.2) is 0 Å². The van der Waals surface area contributed by atoms with E-state index in [2.05, 4.69) is 17.1 Å². The van der Waals surface area contributed by atoms with Crippen LogP contribution in [0.2, 0.25) is 0 Å². The number of thiophene rings is 1. The minimum Gasteiger partial charge on any atom is -0.387 e. The van der Waals surface area contributed by atoms with E-state index in [-0.39, 0.29) is 12.0 Å². The van der Waals surface area contributed by atoms with E-state index in [9.17, 15) is 9.90 Å². The molecule has 5 heteroatoms. The molecule has 2 unspecified atom stereocenters. The molecule has 0 spiro atoms. The van der Waals surface area contributed by atoms with Gasteiger partial charge >= 0.3 is 0 Å². The van der Waals surface area contributed by atoms with Gasteiger partial charge in [0.15, 0.2) is 0 Å². The number of carbonyl (C=O) groups excluding carboxylic acids is 1. The SMILES string of the molecule is C[C@H]1C[C@@H](C(=O)N2CCCC2CC(O)c2cccs2)CCN1. The van der Waals surface area contributed by atoms with Gasteiger partial charge in [0.1, 0.15) is 0 Å². The first-order valence-electron chi connectivity index (χ1n) is 8.40. The number of aliphatic hydroxyl groups excluding tert-OH is 1. The second-order valence-corrected chi connectivity index (χ2v) is 7.65. The average molecular weight is 322 g/mol. The normalized spacial score (nSPS) is 30.5. The molecule has 1 aromatic heterocycles. The first-order chi connectivity index (χ1) is 10.6. The van der Waals surface area contributed by atoms with Crippen molar-refractivity contribution in [1.82, 2.24) is 10.2 Å². The molecule has 2 fully saturated rings. The lowest BCUT2D eigenvalue weighted by Crippen LogP contribution is -2.46. The first kappa shape index (κ1) is 16.0. The fourth-order valence-electron chi connectivity index (χ4n) is 3.82. The van der Waals surface area contributed by atoms with Gasteiger partial charge in [0, 0.05) is 29.4 Å². The Bertz CT molecular complexity index is 491. The number of amides is 1. The third kappa shape index (κ3) is 3.53. The summed E-state index contributed by atoms with van der Waals surface area (Å²) in [5, 5.41) is 15.8. The highest BCUT2D eigenvalue weighted by molar-refractivity contribution is 7.10. The summed E-state index contributed by atoms with van der Waals surface area (Å²) >= 11 is 1.59. The lowest BCUT2D eigenvalue weighted by molar-refractivity contribution is -0.138. The van der Waals surface area contributed by atoms with E-state index in [4.69, 9.17) is 0 Å². The molecule has 2 N–H and O–H groups in total. The van der Waals surface area contributed by atoms with Gasteiger partial charge in [-0.1, -0.05) is 6.07 Å². The van der Waals surface area contributed by atoms with Crippen LogP contribution in [-0.4, -0.2) is 41.1 Å². The Hall–Kier alpha value is -0.910. The van der Waals surface area contributed by atoms with Crippen LogP contribution in [-0.2, 0) is 4.79 Å². The van der Waals surface area contributed by atoms with Crippen molar-refractivity contribution < 1.29 is 9.90 Å². The number of aliphatic hydroxyl groups is 1. The van der Waals surface area contributed by atoms with Gasteiger partial charge in [0.25, 0.3) is 0 Å². The maximum absolute atomic E-state index is 12.8. The average Bonchev–Trinajstić information content (AvgIpc) is 3.18. The molecule has 0 radical (unpaired) electrons. The maximum Gasteiger partial charge on any atom is 0.226 e. The van der Waals surface area contributed by atoms with Gasteiger partial charge in [0.05, 0.1) is 6.10 Å². The Morgan fingerprint density at radius 2 is 2.41 bits per heavy atom. The number of piperidine rings is 1. The summed E-state index contributed by atoms with van der Waals surface area (Å²) in [5.74, 6) is 0.477. The highest BCUT2D eigenvalue weighted by Gasteiger charge is 2.35. The fraction of sp³-hybridized carbons (Fsp3) is 0.706. The molecular weight excluding hydrogens is 296 g/mol. The fourth-order valence-corrected chi connectivity index (χ4v) is 4.54. The van der Waals surface area contributed by atoms with Crippen LogP contribution < -0.4 is 5.32 Å². The summed E-state index contributed by atoms with van der Waals surface area (Å²) in [6, 6.07) is 4.58. The standard InChI is InChI=1S/C17H26N2O2S/c1-12-10-13(6-7-18-12)17(21)19-8-2-4-14(19)11-15(20)16-5-3-9-22-16/h3,5,9,12-15,18,20H,2,4,6-8,10-11H2,1H3/t12-,13-,14?,15?/m0/s1. The second-order valence-electron chi connectivity index (χ2n) is 6.67. The summed E-state index contributed by atoms with van der Waals surface area (Å²) in [4.78, 5) is 15.9. The van der Waals surface area contributed by atoms with E-state index < -0.39 is 6.10 Å². The summed E-state index contributed by atoms with van der Waals surface area (Å²) in [6.07, 6.45) is 4.20. The second kappa shape index (κ2) is 7.11. The van der Waals surface area contributed by atoms with Crippen LogP contribution >= 0.6 is 11.3 Å². The van der Waals surface area contributed by atoms with Crippen molar-refractivity contribution in [3.63, 3.8) is 0 Å². The van der Waals surface area contributed by atoms with Crippen molar-refractivity contribution in [2.45, 2.75) is 57.2 Å². The highest BCUT2D eigenvalue weighted by Crippen LogP contribution is 2.31. The van der Waals surface area contributed by atoms with Crippen molar-refractivity contribution >= 4 is 17.2 Å². The minimum absolute atomic E-state index is 0.163. The van der Waals surface area contributed by atoms with Crippen molar-refractivity contribution in [2.75, 3.05) is 13.1 Å². The van der Waals surface area contributed by atoms with Gasteiger partial charge in [-0.15, -0.1) is 11.3 Å².